The topological polar surface area (TPSA) is 46.5 Å². The third-order valence-corrected chi connectivity index (χ3v) is 2.91. The highest BCUT2D eigenvalue weighted by molar-refractivity contribution is 5.68. The minimum atomic E-state index is -0.780. The van der Waals surface area contributed by atoms with Crippen LogP contribution in [0.1, 0.15) is 24.8 Å². The number of benzene rings is 2. The summed E-state index contributed by atoms with van der Waals surface area (Å²) >= 11 is 0. The van der Waals surface area contributed by atoms with Gasteiger partial charge in [-0.2, -0.15) is 0 Å². The monoisotopic (exact) mass is 256 g/mol. The molecular weight excluding hydrogens is 240 g/mol. The van der Waals surface area contributed by atoms with E-state index in [9.17, 15) is 4.79 Å². The van der Waals surface area contributed by atoms with E-state index in [4.69, 9.17) is 9.84 Å². The summed E-state index contributed by atoms with van der Waals surface area (Å²) in [5, 5.41) is 8.77. The fraction of sp³-hybridized carbons (Fsp3) is 0.188. The molecule has 0 bridgehead atoms. The summed E-state index contributed by atoms with van der Waals surface area (Å²) < 4.78 is 5.68. The summed E-state index contributed by atoms with van der Waals surface area (Å²) in [6.07, 6.45) is 0.138. The molecule has 0 aliphatic heterocycles. The van der Waals surface area contributed by atoms with Crippen molar-refractivity contribution in [2.75, 3.05) is 0 Å². The number of hydrogen-bond donors (Lipinski definition) is 1. The molecule has 0 aromatic heterocycles. The first-order valence-corrected chi connectivity index (χ1v) is 6.20. The van der Waals surface area contributed by atoms with Gasteiger partial charge in [0.1, 0.15) is 11.5 Å². The van der Waals surface area contributed by atoms with E-state index in [1.807, 2.05) is 61.5 Å². The maximum atomic E-state index is 10.7. The van der Waals surface area contributed by atoms with Gasteiger partial charge in [0.25, 0.3) is 0 Å². The van der Waals surface area contributed by atoms with Crippen molar-refractivity contribution in [1.82, 2.24) is 0 Å². The Morgan fingerprint density at radius 1 is 1.05 bits per heavy atom. The fourth-order valence-electron chi connectivity index (χ4n) is 1.87. The van der Waals surface area contributed by atoms with Crippen LogP contribution in [-0.4, -0.2) is 11.1 Å². The molecule has 1 atom stereocenters. The molecule has 19 heavy (non-hydrogen) atoms. The van der Waals surface area contributed by atoms with Crippen molar-refractivity contribution in [1.29, 1.82) is 0 Å². The quantitative estimate of drug-likeness (QED) is 0.877. The molecule has 0 fully saturated rings. The van der Waals surface area contributed by atoms with Gasteiger partial charge in [0.05, 0.1) is 6.42 Å². The van der Waals surface area contributed by atoms with Gasteiger partial charge in [-0.3, -0.25) is 4.79 Å². The van der Waals surface area contributed by atoms with E-state index in [1.54, 1.807) is 0 Å². The van der Waals surface area contributed by atoms with Gasteiger partial charge in [-0.1, -0.05) is 37.3 Å². The molecule has 3 nitrogen and oxygen atoms in total. The molecule has 1 N–H and O–H groups in total. The van der Waals surface area contributed by atoms with E-state index in [2.05, 4.69) is 0 Å². The fourth-order valence-corrected chi connectivity index (χ4v) is 1.87. The van der Waals surface area contributed by atoms with Crippen LogP contribution in [0.15, 0.2) is 54.6 Å². The molecular formula is C16H16O3. The highest BCUT2D eigenvalue weighted by atomic mass is 16.5. The van der Waals surface area contributed by atoms with Gasteiger partial charge in [-0.05, 0) is 35.7 Å². The molecule has 0 spiro atoms. The van der Waals surface area contributed by atoms with Crippen molar-refractivity contribution >= 4 is 5.97 Å². The first-order chi connectivity index (χ1) is 9.15. The molecule has 0 saturated heterocycles. The number of para-hydroxylation sites is 1. The lowest BCUT2D eigenvalue weighted by Gasteiger charge is -2.10. The van der Waals surface area contributed by atoms with E-state index >= 15 is 0 Å². The SMILES string of the molecule is C[C@H](CC(=O)O)c1ccc(Oc2ccccc2)cc1. The van der Waals surface area contributed by atoms with E-state index in [-0.39, 0.29) is 12.3 Å². The normalized spacial score (nSPS) is 11.8. The number of carboxylic acid groups (broad SMARTS) is 1. The lowest BCUT2D eigenvalue weighted by Crippen LogP contribution is -2.02. The number of ether oxygens (including phenoxy) is 1. The molecule has 0 amide bonds. The molecule has 2 rings (SSSR count). The molecule has 0 radical (unpaired) electrons. The zero-order chi connectivity index (χ0) is 13.7. The Morgan fingerprint density at radius 3 is 2.21 bits per heavy atom. The summed E-state index contributed by atoms with van der Waals surface area (Å²) in [5.74, 6) is 0.756. The third-order valence-electron chi connectivity index (χ3n) is 2.91. The summed E-state index contributed by atoms with van der Waals surface area (Å²) in [6.45, 7) is 1.90. The van der Waals surface area contributed by atoms with E-state index < -0.39 is 5.97 Å². The number of carboxylic acids is 1. The van der Waals surface area contributed by atoms with Gasteiger partial charge in [0, 0.05) is 0 Å². The molecule has 3 heteroatoms. The van der Waals surface area contributed by atoms with Crippen LogP contribution in [0.3, 0.4) is 0 Å². The highest BCUT2D eigenvalue weighted by Crippen LogP contribution is 2.25. The van der Waals surface area contributed by atoms with Crippen LogP contribution in [0.5, 0.6) is 11.5 Å². The molecule has 2 aromatic rings. The second-order valence-electron chi connectivity index (χ2n) is 4.48. The number of carbonyl (C=O) groups is 1. The van der Waals surface area contributed by atoms with Crippen molar-refractivity contribution < 1.29 is 14.6 Å². The average Bonchev–Trinajstić information content (AvgIpc) is 2.40. The number of rotatable bonds is 5. The smallest absolute Gasteiger partial charge is 0.303 e. The Balaban J connectivity index is 2.04. The highest BCUT2D eigenvalue weighted by Gasteiger charge is 2.10. The Kier molecular flexibility index (Phi) is 4.18. The predicted molar refractivity (Wildman–Crippen MR) is 73.6 cm³/mol. The van der Waals surface area contributed by atoms with E-state index in [0.29, 0.717) is 0 Å². The van der Waals surface area contributed by atoms with E-state index in [1.165, 1.54) is 0 Å². The molecule has 0 aliphatic carbocycles. The molecule has 0 saturated carbocycles. The van der Waals surface area contributed by atoms with Gasteiger partial charge in [0.2, 0.25) is 0 Å². The average molecular weight is 256 g/mol. The molecule has 98 valence electrons. The predicted octanol–water partition coefficient (Wildman–Crippen LogP) is 4.06. The largest absolute Gasteiger partial charge is 0.481 e. The van der Waals surface area contributed by atoms with Crippen molar-refractivity contribution in [2.24, 2.45) is 0 Å². The first-order valence-electron chi connectivity index (χ1n) is 6.20. The molecule has 0 unspecified atom stereocenters. The zero-order valence-electron chi connectivity index (χ0n) is 10.7. The maximum Gasteiger partial charge on any atom is 0.303 e. The van der Waals surface area contributed by atoms with Crippen molar-refractivity contribution in [3.05, 3.63) is 60.2 Å². The lowest BCUT2D eigenvalue weighted by molar-refractivity contribution is -0.137. The van der Waals surface area contributed by atoms with Crippen molar-refractivity contribution in [3.63, 3.8) is 0 Å². The minimum absolute atomic E-state index is 0.00303. The third kappa shape index (κ3) is 3.85. The van der Waals surface area contributed by atoms with Crippen molar-refractivity contribution in [2.45, 2.75) is 19.3 Å². The first kappa shape index (κ1) is 13.1. The maximum absolute atomic E-state index is 10.7. The van der Waals surface area contributed by atoms with E-state index in [0.717, 1.165) is 17.1 Å². The Hall–Kier alpha value is -2.29. The van der Waals surface area contributed by atoms with Gasteiger partial charge >= 0.3 is 5.97 Å². The van der Waals surface area contributed by atoms with Gasteiger partial charge in [0.15, 0.2) is 0 Å². The molecule has 0 aliphatic rings. The molecule has 0 heterocycles. The minimum Gasteiger partial charge on any atom is -0.481 e. The second-order valence-corrected chi connectivity index (χ2v) is 4.48. The van der Waals surface area contributed by atoms with Crippen LogP contribution in [-0.2, 0) is 4.79 Å². The Labute approximate surface area is 112 Å². The summed E-state index contributed by atoms with van der Waals surface area (Å²) in [6, 6.07) is 17.1. The summed E-state index contributed by atoms with van der Waals surface area (Å²) in [4.78, 5) is 10.7. The van der Waals surface area contributed by atoms with Gasteiger partial charge in [-0.15, -0.1) is 0 Å². The number of aliphatic carboxylic acids is 1. The van der Waals surface area contributed by atoms with Crippen LogP contribution in [0.25, 0.3) is 0 Å². The van der Waals surface area contributed by atoms with Crippen LogP contribution in [0.2, 0.25) is 0 Å². The standard InChI is InChI=1S/C16H16O3/c1-12(11-16(17)18)13-7-9-15(10-8-13)19-14-5-3-2-4-6-14/h2-10,12H,11H2,1H3,(H,17,18)/t12-/m1/s1. The van der Waals surface area contributed by atoms with Crippen LogP contribution in [0.4, 0.5) is 0 Å². The Morgan fingerprint density at radius 2 is 1.63 bits per heavy atom. The number of hydrogen-bond acceptors (Lipinski definition) is 2. The lowest BCUT2D eigenvalue weighted by atomic mass is 9.98. The summed E-state index contributed by atoms with van der Waals surface area (Å²) in [5.41, 5.74) is 1.00. The van der Waals surface area contributed by atoms with Crippen LogP contribution in [0, 0.1) is 0 Å². The van der Waals surface area contributed by atoms with Crippen molar-refractivity contribution in [3.8, 4) is 11.5 Å². The summed E-state index contributed by atoms with van der Waals surface area (Å²) in [7, 11) is 0. The van der Waals surface area contributed by atoms with Crippen LogP contribution < -0.4 is 4.74 Å². The second kappa shape index (κ2) is 6.05. The Bertz CT molecular complexity index is 532. The zero-order valence-corrected chi connectivity index (χ0v) is 10.7. The van der Waals surface area contributed by atoms with Gasteiger partial charge < -0.3 is 9.84 Å². The molecule has 2 aromatic carbocycles. The van der Waals surface area contributed by atoms with Crippen LogP contribution >= 0.6 is 0 Å². The van der Waals surface area contributed by atoms with Gasteiger partial charge in [-0.25, -0.2) is 0 Å².